The Morgan fingerprint density at radius 3 is 0.893 bits per heavy atom. The molecule has 0 bridgehead atoms. The van der Waals surface area contributed by atoms with Crippen LogP contribution in [0.1, 0.15) is 110 Å². The van der Waals surface area contributed by atoms with E-state index in [-0.39, 0.29) is 48.7 Å². The smallest absolute Gasteiger partial charge is 0.340 e. The van der Waals surface area contributed by atoms with Crippen molar-refractivity contribution in [1.82, 2.24) is 0 Å². The lowest BCUT2D eigenvalue weighted by atomic mass is 9.94. The maximum atomic E-state index is 15.3. The highest BCUT2D eigenvalue weighted by atomic mass is 28.4. The summed E-state index contributed by atoms with van der Waals surface area (Å²) in [6.45, 7) is 9.82. The van der Waals surface area contributed by atoms with Crippen LogP contribution in [0, 0.1) is 0 Å². The van der Waals surface area contributed by atoms with Gasteiger partial charge in [0, 0.05) is 22.3 Å². The molecule has 24 atom stereocenters. The number of carbonyl (C=O) groups is 4. The highest BCUT2D eigenvalue weighted by Crippen LogP contribution is 2.48. The fraction of sp³-hybridized carbons (Fsp3) is 0.395. The maximum Gasteiger partial charge on any atom is 0.340 e. The van der Waals surface area contributed by atoms with Gasteiger partial charge >= 0.3 is 23.9 Å². The van der Waals surface area contributed by atoms with Crippen molar-refractivity contribution in [3.8, 4) is 0 Å². The van der Waals surface area contributed by atoms with Crippen molar-refractivity contribution in [2.24, 2.45) is 0 Å². The lowest BCUT2D eigenvalue weighted by Crippen LogP contribution is -2.71. The van der Waals surface area contributed by atoms with Crippen LogP contribution >= 0.6 is 0 Å². The second-order valence-electron chi connectivity index (χ2n) is 30.0. The van der Waals surface area contributed by atoms with Gasteiger partial charge in [-0.05, 0) is 66.7 Å². The van der Waals surface area contributed by atoms with E-state index in [1.807, 2.05) is 121 Å². The van der Waals surface area contributed by atoms with E-state index in [9.17, 15) is 19.5 Å². The molecule has 8 heterocycles. The normalized spacial score (nSPS) is 33.2. The molecule has 16 rings (SSSR count). The van der Waals surface area contributed by atoms with E-state index in [4.69, 9.17) is 94.4 Å². The third-order valence-electron chi connectivity index (χ3n) is 21.5. The second kappa shape index (κ2) is 34.1. The number of benzene rings is 8. The number of ether oxygens (including phenoxy) is 19. The topological polar surface area (TPSA) is 273 Å². The van der Waals surface area contributed by atoms with Crippen LogP contribution in [0.3, 0.4) is 0 Å². The van der Waals surface area contributed by atoms with Gasteiger partial charge in [-0.25, -0.2) is 19.2 Å². The van der Waals surface area contributed by atoms with Crippen LogP contribution < -0.4 is 0 Å². The van der Waals surface area contributed by atoms with Gasteiger partial charge in [0.05, 0.1) is 48.7 Å². The quantitative estimate of drug-likeness (QED) is 0.0422. The van der Waals surface area contributed by atoms with Gasteiger partial charge < -0.3 is 99.5 Å². The summed E-state index contributed by atoms with van der Waals surface area (Å²) in [7, 11) is -2.92. The average Bonchev–Trinajstić information content (AvgIpc) is 0.754. The van der Waals surface area contributed by atoms with Gasteiger partial charge in [-0.3, -0.25) is 0 Å². The van der Waals surface area contributed by atoms with Gasteiger partial charge in [-0.2, -0.15) is 0 Å². The number of carbonyl (C=O) groups excluding carboxylic acids is 4. The number of rotatable bonds is 20. The van der Waals surface area contributed by atoms with Crippen molar-refractivity contribution in [2.75, 3.05) is 26.4 Å². The molecule has 0 aromatic heterocycles. The molecule has 8 aliphatic rings. The fourth-order valence-electron chi connectivity index (χ4n) is 14.7. The zero-order valence-corrected chi connectivity index (χ0v) is 63.0. The zero-order chi connectivity index (χ0) is 77.0. The first-order valence-electron chi connectivity index (χ1n) is 37.7. The Bertz CT molecular complexity index is 4430. The Hall–Kier alpha value is -8.82. The van der Waals surface area contributed by atoms with E-state index in [0.717, 1.165) is 5.56 Å². The van der Waals surface area contributed by atoms with Crippen LogP contribution in [0.4, 0.5) is 0 Å². The lowest BCUT2D eigenvalue weighted by molar-refractivity contribution is -0.427. The van der Waals surface area contributed by atoms with Crippen molar-refractivity contribution in [3.05, 3.63) is 287 Å². The van der Waals surface area contributed by atoms with E-state index in [2.05, 4.69) is 33.9 Å². The van der Waals surface area contributed by atoms with Crippen LogP contribution in [0.2, 0.25) is 18.1 Å². The van der Waals surface area contributed by atoms with Crippen LogP contribution in [-0.2, 0) is 94.4 Å². The molecule has 0 saturated carbocycles. The summed E-state index contributed by atoms with van der Waals surface area (Å²) in [4.78, 5) is 59.4. The van der Waals surface area contributed by atoms with Gasteiger partial charge in [0.25, 0.3) is 0 Å². The van der Waals surface area contributed by atoms with Crippen LogP contribution in [0.5, 0.6) is 0 Å². The largest absolute Gasteiger partial charge is 0.450 e. The molecule has 8 fully saturated rings. The van der Waals surface area contributed by atoms with Crippen LogP contribution in [0.15, 0.2) is 243 Å². The Balaban J connectivity index is 0.807. The molecule has 1 N–H and O–H groups in total. The minimum atomic E-state index is -2.92. The Labute approximate surface area is 648 Å². The van der Waals surface area contributed by atoms with Gasteiger partial charge in [-0.1, -0.05) is 215 Å². The van der Waals surface area contributed by atoms with Crippen LogP contribution in [-0.4, -0.2) is 187 Å². The van der Waals surface area contributed by atoms with E-state index in [1.165, 1.54) is 0 Å². The van der Waals surface area contributed by atoms with Crippen molar-refractivity contribution in [1.29, 1.82) is 0 Å². The van der Waals surface area contributed by atoms with Gasteiger partial charge in [-0.15, -0.1) is 0 Å². The Kier molecular flexibility index (Phi) is 23.5. The average molecular weight is 1550 g/mol. The molecule has 112 heavy (non-hydrogen) atoms. The number of aliphatic hydroxyl groups is 1. The molecule has 8 saturated heterocycles. The standard InChI is InChI=1S/C86H88O25Si/c1-86(2,3)112(4,5)111-70-66-61(49-95-81(106-66)57-44-28-13-29-45-57)98-84(73(70)102-76(90)52-34-18-8-19-35-52)107-67-62(87)82(96-58-46-92-78(103-63(58)67)54-38-22-10-23-39-54)108-68-64-59(47-93-79(104-64)55-40-24-11-25-41-55)97-83(71(68)100-74(88)50-30-14-6-15-31-50)109-69-65-60(48-94-80(105-65)56-42-26-12-27-43-56)99-85(110-77(91)53-36-20-9-21-37-53)72(69)101-75(89)51-32-16-7-17-33-51/h6-45,58-73,78-85,87H,46-49H2,1-5H3/t58-,59-,60-,61-,62-,63-,64-,65-,66-,67-,68+,69+,70+,71-,72-,73-,78-,79-,80-,81-,82+,83+,84+,85-/m1/s1. The Morgan fingerprint density at radius 2 is 0.562 bits per heavy atom. The van der Waals surface area contributed by atoms with Crippen molar-refractivity contribution in [3.63, 3.8) is 0 Å². The molecule has 8 aromatic rings. The molecular weight excluding hydrogens is 1460 g/mol. The molecule has 0 unspecified atom stereocenters. The summed E-state index contributed by atoms with van der Waals surface area (Å²) < 4.78 is 138. The van der Waals surface area contributed by atoms with Gasteiger partial charge in [0.15, 0.2) is 70.7 Å². The summed E-state index contributed by atoms with van der Waals surface area (Å²) in [6, 6.07) is 69.8. The highest BCUT2D eigenvalue weighted by molar-refractivity contribution is 6.74. The zero-order valence-electron chi connectivity index (χ0n) is 62.0. The molecular formula is C86H88O25Si. The molecule has 0 spiro atoms. The minimum absolute atomic E-state index is 0.0415. The number of fused-ring (bicyclic) bond motifs is 4. The first-order chi connectivity index (χ1) is 54.4. The first kappa shape index (κ1) is 77.1. The van der Waals surface area contributed by atoms with E-state index in [1.54, 1.807) is 121 Å². The molecule has 586 valence electrons. The molecule has 8 aromatic carbocycles. The van der Waals surface area contributed by atoms with E-state index < -0.39 is 185 Å². The summed E-state index contributed by atoms with van der Waals surface area (Å²) in [6.07, 6.45) is -33.0. The predicted octanol–water partition coefficient (Wildman–Crippen LogP) is 11.8. The lowest BCUT2D eigenvalue weighted by Gasteiger charge is -2.54. The van der Waals surface area contributed by atoms with E-state index >= 15 is 4.79 Å². The van der Waals surface area contributed by atoms with Crippen molar-refractivity contribution in [2.45, 2.75) is 187 Å². The molecule has 25 nitrogen and oxygen atoms in total. The second-order valence-corrected chi connectivity index (χ2v) is 34.7. The molecule has 8 aliphatic heterocycles. The van der Waals surface area contributed by atoms with Gasteiger partial charge in [0.1, 0.15) is 79.4 Å². The number of hydrogen-bond acceptors (Lipinski definition) is 25. The highest BCUT2D eigenvalue weighted by Gasteiger charge is 2.63. The number of esters is 4. The Morgan fingerprint density at radius 1 is 0.312 bits per heavy atom. The van der Waals surface area contributed by atoms with Crippen molar-refractivity contribution >= 4 is 32.2 Å². The summed E-state index contributed by atoms with van der Waals surface area (Å²) in [5.41, 5.74) is 3.14. The SMILES string of the molecule is CC(C)(C)[Si](C)(C)O[C@@H]1[C@@H](OC(=O)c2ccccc2)[C@H](O[C@@H]2[C@@H](O)[C@H](O[C@@H]3[C@@H](OC(=O)c4ccccc4)[C@H](O[C@@H]4[C@@H](OC(=O)c5ccccc5)[C@@H](OC(=O)c5ccccc5)O[C@@H]5CO[C@@H](c6ccccc6)O[C@@H]45)O[C@@H]4CO[C@@H](c5ccccc5)O[C@@H]34)O[C@@H]3CO[C@@H](c4ccccc4)O[C@@H]23)O[C@@H]2CO[C@@H](c3ccccc3)O[C@@H]12. The van der Waals surface area contributed by atoms with E-state index in [0.29, 0.717) is 16.7 Å². The van der Waals surface area contributed by atoms with Crippen LogP contribution in [0.25, 0.3) is 0 Å². The summed E-state index contributed by atoms with van der Waals surface area (Å²) in [5.74, 6) is -3.34. The minimum Gasteiger partial charge on any atom is -0.450 e. The summed E-state index contributed by atoms with van der Waals surface area (Å²) in [5, 5.41) is 13.4. The number of aliphatic hydroxyl groups excluding tert-OH is 1. The molecule has 26 heteroatoms. The molecule has 0 aliphatic carbocycles. The van der Waals surface area contributed by atoms with Gasteiger partial charge in [0.2, 0.25) is 6.29 Å². The summed E-state index contributed by atoms with van der Waals surface area (Å²) >= 11 is 0. The molecule has 0 amide bonds. The van der Waals surface area contributed by atoms with Crippen molar-refractivity contribution < 1.29 is 119 Å². The number of hydrogen-bond donors (Lipinski definition) is 1. The monoisotopic (exact) mass is 1550 g/mol. The maximum absolute atomic E-state index is 15.3. The fourth-order valence-corrected chi connectivity index (χ4v) is 16.1. The third kappa shape index (κ3) is 16.9. The first-order valence-corrected chi connectivity index (χ1v) is 40.6. The predicted molar refractivity (Wildman–Crippen MR) is 396 cm³/mol. The third-order valence-corrected chi connectivity index (χ3v) is 26.0. The molecule has 0 radical (unpaired) electrons.